The monoisotopic (exact) mass is 595 g/mol. The topological polar surface area (TPSA) is 108 Å². The zero-order valence-corrected chi connectivity index (χ0v) is 27.1. The van der Waals surface area contributed by atoms with Crippen LogP contribution in [0.1, 0.15) is 109 Å². The van der Waals surface area contributed by atoms with Crippen LogP contribution in [0.15, 0.2) is 48.5 Å². The van der Waals surface area contributed by atoms with Crippen LogP contribution in [0.25, 0.3) is 0 Å². The summed E-state index contributed by atoms with van der Waals surface area (Å²) < 4.78 is 5.53. The zero-order valence-electron chi connectivity index (χ0n) is 27.1. The normalized spacial score (nSPS) is 12.7. The van der Waals surface area contributed by atoms with Gasteiger partial charge in [0.1, 0.15) is 23.4 Å². The van der Waals surface area contributed by atoms with Gasteiger partial charge in [0.25, 0.3) is 0 Å². The molecule has 2 atom stereocenters. The van der Waals surface area contributed by atoms with E-state index in [0.717, 1.165) is 50.5 Å². The Bertz CT molecular complexity index is 1150. The predicted octanol–water partition coefficient (Wildman–Crippen LogP) is 6.98. The number of carbonyl (C=O) groups is 3. The molecule has 3 N–H and O–H groups in total. The highest BCUT2D eigenvalue weighted by atomic mass is 16.6. The molecule has 0 bridgehead atoms. The molecule has 238 valence electrons. The minimum atomic E-state index is -0.957. The maximum atomic E-state index is 14.5. The van der Waals surface area contributed by atoms with Crippen LogP contribution in [0.4, 0.5) is 4.79 Å². The first kappa shape index (κ1) is 35.6. The van der Waals surface area contributed by atoms with Crippen LogP contribution < -0.4 is 10.6 Å². The second-order valence-electron chi connectivity index (χ2n) is 12.3. The highest BCUT2D eigenvalue weighted by Crippen LogP contribution is 2.28. The number of aryl methyl sites for hydroxylation is 1. The number of phenols is 1. The van der Waals surface area contributed by atoms with E-state index in [0.29, 0.717) is 30.6 Å². The third kappa shape index (κ3) is 12.7. The quantitative estimate of drug-likeness (QED) is 0.171. The molecule has 2 aromatic carbocycles. The molecule has 0 aliphatic rings. The Balaban J connectivity index is 2.53. The van der Waals surface area contributed by atoms with Crippen molar-refractivity contribution in [2.75, 3.05) is 13.1 Å². The van der Waals surface area contributed by atoms with Crippen molar-refractivity contribution in [3.8, 4) is 5.75 Å². The predicted molar refractivity (Wildman–Crippen MR) is 172 cm³/mol. The summed E-state index contributed by atoms with van der Waals surface area (Å²) in [4.78, 5) is 43.0. The van der Waals surface area contributed by atoms with E-state index in [1.165, 1.54) is 0 Å². The lowest BCUT2D eigenvalue weighted by atomic mass is 9.98. The Labute approximate surface area is 258 Å². The molecule has 2 rings (SSSR count). The summed E-state index contributed by atoms with van der Waals surface area (Å²) in [5.41, 5.74) is 1.36. The fourth-order valence-corrected chi connectivity index (χ4v) is 4.96. The van der Waals surface area contributed by atoms with Crippen molar-refractivity contribution >= 4 is 17.9 Å². The van der Waals surface area contributed by atoms with Crippen LogP contribution in [0.3, 0.4) is 0 Å². The number of hydrogen-bond acceptors (Lipinski definition) is 5. The van der Waals surface area contributed by atoms with E-state index in [2.05, 4.69) is 24.5 Å². The van der Waals surface area contributed by atoms with E-state index < -0.39 is 23.8 Å². The first-order valence-electron chi connectivity index (χ1n) is 15.9. The maximum Gasteiger partial charge on any atom is 0.408 e. The molecule has 0 aliphatic carbocycles. The van der Waals surface area contributed by atoms with Crippen molar-refractivity contribution in [2.45, 2.75) is 117 Å². The van der Waals surface area contributed by atoms with Crippen LogP contribution >= 0.6 is 0 Å². The van der Waals surface area contributed by atoms with Crippen molar-refractivity contribution in [1.29, 1.82) is 0 Å². The van der Waals surface area contributed by atoms with E-state index >= 15 is 0 Å². The molecule has 8 heteroatoms. The number of ether oxygens (including phenoxy) is 1. The Morgan fingerprint density at radius 1 is 0.907 bits per heavy atom. The number of nitrogens with zero attached hydrogens (tertiary/aromatic N) is 1. The molecule has 2 aromatic rings. The molecule has 0 radical (unpaired) electrons. The summed E-state index contributed by atoms with van der Waals surface area (Å²) in [6.07, 6.45) is 7.27. The first-order chi connectivity index (χ1) is 20.5. The fourth-order valence-electron chi connectivity index (χ4n) is 4.96. The third-order valence-electron chi connectivity index (χ3n) is 7.23. The summed E-state index contributed by atoms with van der Waals surface area (Å²) >= 11 is 0. The number of aromatic hydroxyl groups is 1. The third-order valence-corrected chi connectivity index (χ3v) is 7.23. The van der Waals surface area contributed by atoms with E-state index in [1.54, 1.807) is 50.8 Å². The summed E-state index contributed by atoms with van der Waals surface area (Å²) in [5, 5.41) is 16.1. The maximum absolute atomic E-state index is 14.5. The molecule has 0 saturated heterocycles. The molecule has 43 heavy (non-hydrogen) atoms. The lowest BCUT2D eigenvalue weighted by Crippen LogP contribution is -2.54. The molecule has 0 aliphatic heterocycles. The Hall–Kier alpha value is -3.55. The number of phenolic OH excluding ortho intramolecular Hbond substituents is 1. The highest BCUT2D eigenvalue weighted by molar-refractivity contribution is 5.92. The van der Waals surface area contributed by atoms with Crippen molar-refractivity contribution in [2.24, 2.45) is 0 Å². The van der Waals surface area contributed by atoms with Gasteiger partial charge in [-0.05, 0) is 69.4 Å². The first-order valence-corrected chi connectivity index (χ1v) is 15.9. The molecule has 2 unspecified atom stereocenters. The van der Waals surface area contributed by atoms with Gasteiger partial charge in [-0.3, -0.25) is 9.59 Å². The Kier molecular flexibility index (Phi) is 15.1. The van der Waals surface area contributed by atoms with Gasteiger partial charge in [-0.2, -0.15) is 0 Å². The van der Waals surface area contributed by atoms with Crippen LogP contribution in [0.2, 0.25) is 0 Å². The van der Waals surface area contributed by atoms with Gasteiger partial charge in [-0.1, -0.05) is 88.8 Å². The fraction of sp³-hybridized carbons (Fsp3) is 0.571. The zero-order chi connectivity index (χ0) is 31.8. The Morgan fingerprint density at radius 3 is 2.19 bits per heavy atom. The molecular formula is C35H53N3O5. The molecule has 0 heterocycles. The number of rotatable bonds is 17. The second-order valence-corrected chi connectivity index (χ2v) is 12.3. The lowest BCUT2D eigenvalue weighted by molar-refractivity contribution is -0.142. The molecule has 8 nitrogen and oxygen atoms in total. The molecule has 3 amide bonds. The van der Waals surface area contributed by atoms with Gasteiger partial charge in [-0.25, -0.2) is 4.79 Å². The van der Waals surface area contributed by atoms with Gasteiger partial charge in [0.05, 0.1) is 0 Å². The van der Waals surface area contributed by atoms with Crippen LogP contribution in [-0.4, -0.2) is 52.6 Å². The standard InChI is InChI=1S/C35H53N3O5/c1-7-9-11-12-17-23-38(31(32(40)36-22-16-10-8-2)28-20-21-30(39)26(3)24-28)33(41)29(25-27-18-14-13-15-19-27)37-34(42)43-35(4,5)6/h13-15,18-21,24,29,31,39H,7-12,16-17,22-23,25H2,1-6H3,(H,36,40)(H,37,42). The van der Waals surface area contributed by atoms with Gasteiger partial charge < -0.3 is 25.4 Å². The molecule has 0 spiro atoms. The van der Waals surface area contributed by atoms with Crippen molar-refractivity contribution in [3.05, 3.63) is 65.2 Å². The number of nitrogens with one attached hydrogen (secondary N) is 2. The van der Waals surface area contributed by atoms with Crippen LogP contribution in [0, 0.1) is 6.92 Å². The average Bonchev–Trinajstić information content (AvgIpc) is 2.95. The van der Waals surface area contributed by atoms with Gasteiger partial charge in [0.15, 0.2) is 0 Å². The molecule has 0 aromatic heterocycles. The minimum Gasteiger partial charge on any atom is -0.508 e. The lowest BCUT2D eigenvalue weighted by Gasteiger charge is -2.35. The number of hydrogen-bond donors (Lipinski definition) is 3. The van der Waals surface area contributed by atoms with E-state index in [-0.39, 0.29) is 24.0 Å². The Morgan fingerprint density at radius 2 is 1.56 bits per heavy atom. The molecular weight excluding hydrogens is 542 g/mol. The summed E-state index contributed by atoms with van der Waals surface area (Å²) in [6, 6.07) is 12.6. The average molecular weight is 596 g/mol. The van der Waals surface area contributed by atoms with E-state index in [4.69, 9.17) is 4.74 Å². The number of benzene rings is 2. The second kappa shape index (κ2) is 18.2. The summed E-state index contributed by atoms with van der Waals surface area (Å²) in [6.45, 7) is 12.2. The van der Waals surface area contributed by atoms with Crippen LogP contribution in [0.5, 0.6) is 5.75 Å². The van der Waals surface area contributed by atoms with Crippen molar-refractivity contribution in [1.82, 2.24) is 15.5 Å². The van der Waals surface area contributed by atoms with Crippen LogP contribution in [-0.2, 0) is 20.7 Å². The van der Waals surface area contributed by atoms with Gasteiger partial charge in [0.2, 0.25) is 11.8 Å². The van der Waals surface area contributed by atoms with Crippen molar-refractivity contribution in [3.63, 3.8) is 0 Å². The SMILES string of the molecule is CCCCCCCN(C(=O)C(Cc1ccccc1)NC(=O)OC(C)(C)C)C(C(=O)NCCCCC)c1ccc(O)c(C)c1. The van der Waals surface area contributed by atoms with Gasteiger partial charge in [0, 0.05) is 19.5 Å². The van der Waals surface area contributed by atoms with Gasteiger partial charge in [-0.15, -0.1) is 0 Å². The van der Waals surface area contributed by atoms with Crippen molar-refractivity contribution < 1.29 is 24.2 Å². The number of carbonyl (C=O) groups excluding carboxylic acids is 3. The minimum absolute atomic E-state index is 0.122. The summed E-state index contributed by atoms with van der Waals surface area (Å²) in [7, 11) is 0. The molecule has 0 fully saturated rings. The van der Waals surface area contributed by atoms with Gasteiger partial charge >= 0.3 is 6.09 Å². The molecule has 0 saturated carbocycles. The highest BCUT2D eigenvalue weighted by Gasteiger charge is 2.36. The number of unbranched alkanes of at least 4 members (excludes halogenated alkanes) is 6. The largest absolute Gasteiger partial charge is 0.508 e. The number of amides is 3. The van der Waals surface area contributed by atoms with E-state index in [1.807, 2.05) is 30.3 Å². The number of alkyl carbamates (subject to hydrolysis) is 1. The smallest absolute Gasteiger partial charge is 0.408 e. The summed E-state index contributed by atoms with van der Waals surface area (Å²) in [5.74, 6) is -0.514. The van der Waals surface area contributed by atoms with E-state index in [9.17, 15) is 19.5 Å².